The van der Waals surface area contributed by atoms with Crippen LogP contribution in [0.25, 0.3) is 0 Å². The molecule has 16 heavy (non-hydrogen) atoms. The Kier molecular flexibility index (Phi) is 3.64. The summed E-state index contributed by atoms with van der Waals surface area (Å²) in [6.45, 7) is 2.83. The molecule has 0 radical (unpaired) electrons. The maximum atomic E-state index is 11.9. The van der Waals surface area contributed by atoms with Gasteiger partial charge in [0.05, 0.1) is 0 Å². The fourth-order valence-corrected chi connectivity index (χ4v) is 2.07. The second-order valence-corrected chi connectivity index (χ2v) is 7.52. The molecule has 0 aromatic rings. The lowest BCUT2D eigenvalue weighted by Gasteiger charge is -2.25. The highest BCUT2D eigenvalue weighted by atomic mass is 32.2. The molecule has 0 saturated heterocycles. The minimum Gasteiger partial charge on any atom is -0.350 e. The molecular weight excluding hydrogens is 228 g/mol. The standard InChI is InChI=1S/C10H20N2O3S/c1-10(2,16(3,14)15)9(13)12-8-6-4-5-7(8)11/h7-8H,4-6,11H2,1-3H3,(H,12,13). The number of rotatable bonds is 3. The molecule has 0 aliphatic heterocycles. The average molecular weight is 248 g/mol. The maximum Gasteiger partial charge on any atom is 0.241 e. The molecule has 1 aliphatic rings. The van der Waals surface area contributed by atoms with Crippen molar-refractivity contribution in [3.8, 4) is 0 Å². The molecule has 6 heteroatoms. The van der Waals surface area contributed by atoms with Crippen LogP contribution in [0.3, 0.4) is 0 Å². The highest BCUT2D eigenvalue weighted by Gasteiger charge is 2.40. The normalized spacial score (nSPS) is 26.8. The van der Waals surface area contributed by atoms with Crippen LogP contribution in [0.4, 0.5) is 0 Å². The highest BCUT2D eigenvalue weighted by molar-refractivity contribution is 7.92. The molecule has 0 heterocycles. The van der Waals surface area contributed by atoms with E-state index in [0.717, 1.165) is 25.5 Å². The van der Waals surface area contributed by atoms with Crippen LogP contribution in [0, 0.1) is 0 Å². The van der Waals surface area contributed by atoms with Crippen molar-refractivity contribution in [2.24, 2.45) is 5.73 Å². The molecule has 1 aliphatic carbocycles. The lowest BCUT2D eigenvalue weighted by Crippen LogP contribution is -2.53. The zero-order valence-corrected chi connectivity index (χ0v) is 10.8. The fraction of sp³-hybridized carbons (Fsp3) is 0.900. The molecule has 5 nitrogen and oxygen atoms in total. The Labute approximate surface area is 96.7 Å². The molecule has 2 atom stereocenters. The van der Waals surface area contributed by atoms with E-state index in [1.165, 1.54) is 13.8 Å². The Morgan fingerprint density at radius 3 is 2.31 bits per heavy atom. The van der Waals surface area contributed by atoms with Crippen molar-refractivity contribution in [3.63, 3.8) is 0 Å². The second kappa shape index (κ2) is 4.33. The third kappa shape index (κ3) is 2.55. The van der Waals surface area contributed by atoms with E-state index < -0.39 is 20.5 Å². The molecule has 0 bridgehead atoms. The number of nitrogens with two attached hydrogens (primary N) is 1. The molecule has 2 unspecified atom stereocenters. The van der Waals surface area contributed by atoms with Crippen LogP contribution in [0.5, 0.6) is 0 Å². The lowest BCUT2D eigenvalue weighted by molar-refractivity contribution is -0.123. The van der Waals surface area contributed by atoms with Crippen LogP contribution in [-0.2, 0) is 14.6 Å². The number of amides is 1. The molecule has 1 saturated carbocycles. The Morgan fingerprint density at radius 2 is 1.94 bits per heavy atom. The first-order valence-electron chi connectivity index (χ1n) is 5.42. The first-order chi connectivity index (χ1) is 7.16. The summed E-state index contributed by atoms with van der Waals surface area (Å²) in [5.74, 6) is -0.461. The van der Waals surface area contributed by atoms with Crippen LogP contribution in [-0.4, -0.2) is 37.4 Å². The lowest BCUT2D eigenvalue weighted by atomic mass is 10.1. The van der Waals surface area contributed by atoms with E-state index in [0.29, 0.717) is 0 Å². The predicted octanol–water partition coefficient (Wildman–Crippen LogP) is -0.194. The Hall–Kier alpha value is -0.620. The van der Waals surface area contributed by atoms with Gasteiger partial charge >= 0.3 is 0 Å². The molecule has 0 aromatic heterocycles. The number of sulfone groups is 1. The van der Waals surface area contributed by atoms with Crippen LogP contribution in [0.2, 0.25) is 0 Å². The Morgan fingerprint density at radius 1 is 1.38 bits per heavy atom. The number of carbonyl (C=O) groups excluding carboxylic acids is 1. The molecule has 3 N–H and O–H groups in total. The van der Waals surface area contributed by atoms with Gasteiger partial charge in [-0.15, -0.1) is 0 Å². The van der Waals surface area contributed by atoms with E-state index in [9.17, 15) is 13.2 Å². The second-order valence-electron chi connectivity index (χ2n) is 4.96. The largest absolute Gasteiger partial charge is 0.350 e. The molecule has 1 fully saturated rings. The van der Waals surface area contributed by atoms with E-state index in [2.05, 4.69) is 5.32 Å². The summed E-state index contributed by atoms with van der Waals surface area (Å²) in [7, 11) is -3.41. The van der Waals surface area contributed by atoms with Crippen LogP contribution < -0.4 is 11.1 Å². The molecule has 1 rings (SSSR count). The third-order valence-electron chi connectivity index (χ3n) is 3.36. The molecule has 1 amide bonds. The summed E-state index contributed by atoms with van der Waals surface area (Å²) in [5, 5.41) is 2.73. The summed E-state index contributed by atoms with van der Waals surface area (Å²) in [5.41, 5.74) is 5.82. The third-order valence-corrected chi connectivity index (χ3v) is 5.40. The van der Waals surface area contributed by atoms with Gasteiger partial charge in [0, 0.05) is 18.3 Å². The SMILES string of the molecule is CC(C)(C(=O)NC1CCCC1N)S(C)(=O)=O. The monoisotopic (exact) mass is 248 g/mol. The fourth-order valence-electron chi connectivity index (χ4n) is 1.68. The van der Waals surface area contributed by atoms with Crippen molar-refractivity contribution in [3.05, 3.63) is 0 Å². The number of carbonyl (C=O) groups is 1. The van der Waals surface area contributed by atoms with Gasteiger partial charge in [0.15, 0.2) is 9.84 Å². The van der Waals surface area contributed by atoms with Crippen molar-refractivity contribution >= 4 is 15.7 Å². The van der Waals surface area contributed by atoms with Crippen molar-refractivity contribution in [2.75, 3.05) is 6.26 Å². The summed E-state index contributed by atoms with van der Waals surface area (Å²) in [4.78, 5) is 11.9. The van der Waals surface area contributed by atoms with Crippen molar-refractivity contribution in [1.82, 2.24) is 5.32 Å². The van der Waals surface area contributed by atoms with E-state index in [1.54, 1.807) is 0 Å². The van der Waals surface area contributed by atoms with Crippen molar-refractivity contribution in [2.45, 2.75) is 49.9 Å². The van der Waals surface area contributed by atoms with Gasteiger partial charge in [0.1, 0.15) is 4.75 Å². The maximum absolute atomic E-state index is 11.9. The predicted molar refractivity (Wildman–Crippen MR) is 62.7 cm³/mol. The summed E-state index contributed by atoms with van der Waals surface area (Å²) in [6.07, 6.45) is 3.75. The number of hydrogen-bond donors (Lipinski definition) is 2. The zero-order valence-electron chi connectivity index (χ0n) is 9.99. The Bertz CT molecular complexity index is 376. The average Bonchev–Trinajstić information content (AvgIpc) is 2.49. The van der Waals surface area contributed by atoms with Gasteiger partial charge in [0.25, 0.3) is 0 Å². The van der Waals surface area contributed by atoms with Gasteiger partial charge in [-0.1, -0.05) is 0 Å². The first-order valence-corrected chi connectivity index (χ1v) is 7.31. The van der Waals surface area contributed by atoms with Crippen LogP contribution in [0.1, 0.15) is 33.1 Å². The molecule has 0 spiro atoms. The molecule has 0 aromatic carbocycles. The van der Waals surface area contributed by atoms with Crippen LogP contribution in [0.15, 0.2) is 0 Å². The van der Waals surface area contributed by atoms with E-state index in [1.807, 2.05) is 0 Å². The van der Waals surface area contributed by atoms with E-state index >= 15 is 0 Å². The van der Waals surface area contributed by atoms with Gasteiger partial charge in [-0.2, -0.15) is 0 Å². The van der Waals surface area contributed by atoms with Gasteiger partial charge < -0.3 is 11.1 Å². The van der Waals surface area contributed by atoms with Gasteiger partial charge in [0.2, 0.25) is 5.91 Å². The summed E-state index contributed by atoms with van der Waals surface area (Å²) < 4.78 is 21.5. The van der Waals surface area contributed by atoms with Gasteiger partial charge in [-0.25, -0.2) is 8.42 Å². The quantitative estimate of drug-likeness (QED) is 0.724. The molecular formula is C10H20N2O3S. The Balaban J connectivity index is 2.72. The summed E-state index contributed by atoms with van der Waals surface area (Å²) >= 11 is 0. The van der Waals surface area contributed by atoms with E-state index in [-0.39, 0.29) is 12.1 Å². The summed E-state index contributed by atoms with van der Waals surface area (Å²) in [6, 6.07) is -0.146. The number of nitrogens with one attached hydrogen (secondary N) is 1. The highest BCUT2D eigenvalue weighted by Crippen LogP contribution is 2.20. The zero-order chi connectivity index (χ0) is 12.6. The van der Waals surface area contributed by atoms with Crippen molar-refractivity contribution in [1.29, 1.82) is 0 Å². The first kappa shape index (κ1) is 13.4. The molecule has 94 valence electrons. The van der Waals surface area contributed by atoms with Gasteiger partial charge in [-0.05, 0) is 33.1 Å². The minimum atomic E-state index is -3.41. The number of hydrogen-bond acceptors (Lipinski definition) is 4. The van der Waals surface area contributed by atoms with Crippen molar-refractivity contribution < 1.29 is 13.2 Å². The smallest absolute Gasteiger partial charge is 0.241 e. The minimum absolute atomic E-state index is 0.0562. The topological polar surface area (TPSA) is 89.3 Å². The van der Waals surface area contributed by atoms with Crippen LogP contribution >= 0.6 is 0 Å². The van der Waals surface area contributed by atoms with Gasteiger partial charge in [-0.3, -0.25) is 4.79 Å². The van der Waals surface area contributed by atoms with E-state index in [4.69, 9.17) is 5.73 Å².